The number of anilines is 2. The molecule has 2 atom stereocenters. The zero-order chi connectivity index (χ0) is 37.6. The maximum absolute atomic E-state index is 14.7. The molecular formula is C41H57N3O8. The number of methoxy groups -OCH3 is 2. The van der Waals surface area contributed by atoms with E-state index in [1.54, 1.807) is 37.9 Å². The van der Waals surface area contributed by atoms with Gasteiger partial charge in [0, 0.05) is 64.5 Å². The van der Waals surface area contributed by atoms with Gasteiger partial charge >= 0.3 is 6.09 Å². The summed E-state index contributed by atoms with van der Waals surface area (Å²) in [5.74, 6) is 0.106. The summed E-state index contributed by atoms with van der Waals surface area (Å²) in [6.07, 6.45) is 4.11. The Morgan fingerprint density at radius 2 is 1.79 bits per heavy atom. The molecule has 5 rings (SSSR count). The van der Waals surface area contributed by atoms with E-state index in [1.807, 2.05) is 62.1 Å². The number of hydrogen-bond acceptors (Lipinski definition) is 8. The molecule has 1 saturated carbocycles. The minimum Gasteiger partial charge on any atom is -0.512 e. The van der Waals surface area contributed by atoms with Crippen molar-refractivity contribution in [3.63, 3.8) is 0 Å². The van der Waals surface area contributed by atoms with Gasteiger partial charge in [0.05, 0.1) is 24.0 Å². The minimum atomic E-state index is -1.03. The van der Waals surface area contributed by atoms with Gasteiger partial charge in [-0.3, -0.25) is 9.59 Å². The van der Waals surface area contributed by atoms with Gasteiger partial charge in [-0.05, 0) is 102 Å². The topological polar surface area (TPSA) is 118 Å². The Kier molecular flexibility index (Phi) is 12.6. The molecule has 0 spiro atoms. The summed E-state index contributed by atoms with van der Waals surface area (Å²) in [6.45, 7) is 10.9. The quantitative estimate of drug-likeness (QED) is 0.159. The van der Waals surface area contributed by atoms with E-state index in [0.717, 1.165) is 19.3 Å². The summed E-state index contributed by atoms with van der Waals surface area (Å²) < 4.78 is 22.7. The van der Waals surface area contributed by atoms with Crippen LogP contribution in [0, 0.1) is 5.92 Å². The van der Waals surface area contributed by atoms with E-state index in [9.17, 15) is 19.5 Å². The molecule has 2 heterocycles. The van der Waals surface area contributed by atoms with Gasteiger partial charge < -0.3 is 38.8 Å². The van der Waals surface area contributed by atoms with Gasteiger partial charge in [-0.15, -0.1) is 0 Å². The molecular weight excluding hydrogens is 662 g/mol. The lowest BCUT2D eigenvalue weighted by atomic mass is 9.89. The van der Waals surface area contributed by atoms with Crippen LogP contribution in [0.4, 0.5) is 16.2 Å². The average molecular weight is 720 g/mol. The molecule has 11 nitrogen and oxygen atoms in total. The molecule has 0 radical (unpaired) electrons. The number of ether oxygens (including phenoxy) is 4. The van der Waals surface area contributed by atoms with Gasteiger partial charge in [0.2, 0.25) is 5.91 Å². The van der Waals surface area contributed by atoms with Crippen LogP contribution in [-0.2, 0) is 23.8 Å². The standard InChI is InChI=1S/C41H57N3O8/c1-40(2,3)52-39(48)42-25-30(35(45)16-11-15-29(27-50-7)28-13-9-8-10-14-28)23-31(26-42)37(46)44(32-17-18-32)33-19-20-36-34(24-33)43(21-12-22-49-6)38(47)41(4,5)51-36/h8-10,13-14,19-20,24,29,31-32,45H,11-12,15-18,21-23,25-27H2,1-7H3/b35-30+/t29?,31-/m1/s1. The van der Waals surface area contributed by atoms with Crippen molar-refractivity contribution in [1.29, 1.82) is 0 Å². The van der Waals surface area contributed by atoms with Crippen molar-refractivity contribution in [2.45, 2.75) is 103 Å². The Balaban J connectivity index is 1.40. The third-order valence-corrected chi connectivity index (χ3v) is 9.85. The molecule has 1 N–H and O–H groups in total. The van der Waals surface area contributed by atoms with Crippen molar-refractivity contribution in [2.75, 3.05) is 56.9 Å². The first-order valence-corrected chi connectivity index (χ1v) is 18.6. The van der Waals surface area contributed by atoms with E-state index in [0.29, 0.717) is 68.1 Å². The highest BCUT2D eigenvalue weighted by Gasteiger charge is 2.44. The predicted molar refractivity (Wildman–Crippen MR) is 201 cm³/mol. The Morgan fingerprint density at radius 1 is 1.06 bits per heavy atom. The van der Waals surface area contributed by atoms with Crippen molar-refractivity contribution >= 4 is 29.3 Å². The number of fused-ring (bicyclic) bond motifs is 1. The molecule has 52 heavy (non-hydrogen) atoms. The summed E-state index contributed by atoms with van der Waals surface area (Å²) in [4.78, 5) is 46.7. The fraction of sp³-hybridized carbons (Fsp3) is 0.585. The summed E-state index contributed by atoms with van der Waals surface area (Å²) in [5, 5.41) is 11.5. The molecule has 0 aromatic heterocycles. The molecule has 0 bridgehead atoms. The van der Waals surface area contributed by atoms with Gasteiger partial charge in [-0.2, -0.15) is 0 Å². The first-order valence-electron chi connectivity index (χ1n) is 18.6. The van der Waals surface area contributed by atoms with Crippen molar-refractivity contribution < 1.29 is 38.4 Å². The Labute approximate surface area is 308 Å². The third-order valence-electron chi connectivity index (χ3n) is 9.85. The highest BCUT2D eigenvalue weighted by atomic mass is 16.6. The van der Waals surface area contributed by atoms with Gasteiger partial charge in [0.1, 0.15) is 11.4 Å². The van der Waals surface area contributed by atoms with Gasteiger partial charge in [0.15, 0.2) is 5.60 Å². The number of amides is 3. The number of likely N-dealkylation sites (tertiary alicyclic amines) is 1. The number of hydrogen-bond donors (Lipinski definition) is 1. The van der Waals surface area contributed by atoms with Crippen LogP contribution in [0.2, 0.25) is 0 Å². The van der Waals surface area contributed by atoms with Crippen LogP contribution in [0.5, 0.6) is 5.75 Å². The van der Waals surface area contributed by atoms with Crippen LogP contribution in [0.15, 0.2) is 59.9 Å². The largest absolute Gasteiger partial charge is 0.512 e. The maximum atomic E-state index is 14.7. The molecule has 1 aliphatic carbocycles. The zero-order valence-corrected chi connectivity index (χ0v) is 32.0. The highest BCUT2D eigenvalue weighted by Crippen LogP contribution is 2.43. The second-order valence-corrected chi connectivity index (χ2v) is 15.8. The monoisotopic (exact) mass is 719 g/mol. The Bertz CT molecular complexity index is 1600. The number of piperidine rings is 1. The Morgan fingerprint density at radius 3 is 2.44 bits per heavy atom. The summed E-state index contributed by atoms with van der Waals surface area (Å²) in [7, 11) is 3.33. The lowest BCUT2D eigenvalue weighted by Gasteiger charge is -2.40. The fourth-order valence-electron chi connectivity index (χ4n) is 7.14. The molecule has 2 fully saturated rings. The van der Waals surface area contributed by atoms with Crippen molar-refractivity contribution in [3.8, 4) is 5.75 Å². The molecule has 2 aliphatic heterocycles. The number of aliphatic hydroxyl groups is 1. The van der Waals surface area contributed by atoms with Crippen molar-refractivity contribution in [2.24, 2.45) is 5.92 Å². The predicted octanol–water partition coefficient (Wildman–Crippen LogP) is 7.39. The van der Waals surface area contributed by atoms with Crippen LogP contribution in [-0.4, -0.2) is 92.2 Å². The number of carbonyl (C=O) groups is 3. The van der Waals surface area contributed by atoms with Gasteiger partial charge in [-0.1, -0.05) is 30.3 Å². The smallest absolute Gasteiger partial charge is 0.410 e. The Hall–Kier alpha value is -4.09. The first kappa shape index (κ1) is 39.1. The van der Waals surface area contributed by atoms with E-state index in [4.69, 9.17) is 18.9 Å². The molecule has 11 heteroatoms. The third kappa shape index (κ3) is 9.66. The number of nitrogens with zero attached hydrogens (tertiary/aromatic N) is 3. The second-order valence-electron chi connectivity index (χ2n) is 15.8. The minimum absolute atomic E-state index is 0.00206. The van der Waals surface area contributed by atoms with E-state index in [2.05, 4.69) is 12.1 Å². The molecule has 2 aromatic rings. The molecule has 284 valence electrons. The number of rotatable bonds is 14. The first-order chi connectivity index (χ1) is 24.7. The number of aliphatic hydroxyl groups excluding tert-OH is 1. The summed E-state index contributed by atoms with van der Waals surface area (Å²) >= 11 is 0. The maximum Gasteiger partial charge on any atom is 0.410 e. The molecule has 1 unspecified atom stereocenters. The normalized spacial score (nSPS) is 20.1. The van der Waals surface area contributed by atoms with Crippen molar-refractivity contribution in [3.05, 3.63) is 65.4 Å². The van der Waals surface area contributed by atoms with Crippen LogP contribution < -0.4 is 14.5 Å². The van der Waals surface area contributed by atoms with Crippen LogP contribution in [0.25, 0.3) is 0 Å². The van der Waals surface area contributed by atoms with Crippen LogP contribution in [0.3, 0.4) is 0 Å². The summed E-state index contributed by atoms with van der Waals surface area (Å²) in [6, 6.07) is 15.8. The number of carbonyl (C=O) groups excluding carboxylic acids is 3. The second kappa shape index (κ2) is 16.7. The van der Waals surface area contributed by atoms with Crippen LogP contribution in [0.1, 0.15) is 91.0 Å². The SMILES string of the molecule is COCCCN1C(=O)C(C)(C)Oc2ccc(N(C(=O)[C@@H]3C/C(=C(\O)CCCC(COC)c4ccccc4)CN(C(=O)OC(C)(C)C)C3)C3CC3)cc21. The zero-order valence-electron chi connectivity index (χ0n) is 32.0. The lowest BCUT2D eigenvalue weighted by Crippen LogP contribution is -2.53. The van der Waals surface area contributed by atoms with E-state index >= 15 is 0 Å². The lowest BCUT2D eigenvalue weighted by molar-refractivity contribution is -0.132. The summed E-state index contributed by atoms with van der Waals surface area (Å²) in [5.41, 5.74) is 1.41. The van der Waals surface area contributed by atoms with E-state index in [1.165, 1.54) is 5.56 Å². The van der Waals surface area contributed by atoms with E-state index in [-0.39, 0.29) is 42.6 Å². The van der Waals surface area contributed by atoms with Crippen LogP contribution >= 0.6 is 0 Å². The van der Waals surface area contributed by atoms with Gasteiger partial charge in [-0.25, -0.2) is 4.79 Å². The van der Waals surface area contributed by atoms with Gasteiger partial charge in [0.25, 0.3) is 5.91 Å². The average Bonchev–Trinajstić information content (AvgIpc) is 3.94. The van der Waals surface area contributed by atoms with E-state index < -0.39 is 23.2 Å². The molecule has 2 aromatic carbocycles. The number of allylic oxidation sites excluding steroid dienone is 1. The molecule has 3 aliphatic rings. The van der Waals surface area contributed by atoms with Crippen molar-refractivity contribution in [1.82, 2.24) is 4.90 Å². The fourth-order valence-corrected chi connectivity index (χ4v) is 7.14. The highest BCUT2D eigenvalue weighted by molar-refractivity contribution is 6.04. The molecule has 1 saturated heterocycles. The number of benzene rings is 2. The molecule has 3 amide bonds.